The number of alkyl halides is 5. The molecule has 4 rings (SSSR count). The summed E-state index contributed by atoms with van der Waals surface area (Å²) in [7, 11) is 0. The zero-order chi connectivity index (χ0) is 29.0. The number of nitrogens with one attached hydrogen (secondary N) is 1. The largest absolute Gasteiger partial charge is 0.461 e. The molecule has 1 saturated carbocycles. The Balaban J connectivity index is 0.000000270. The predicted molar refractivity (Wildman–Crippen MR) is 131 cm³/mol. The molecule has 212 valence electrons. The van der Waals surface area contributed by atoms with Gasteiger partial charge in [0.05, 0.1) is 0 Å². The number of hydrogen-bond donors (Lipinski definition) is 2. The molecular formula is C28H28F7NO3. The molecule has 3 aromatic carbocycles. The third-order valence-corrected chi connectivity index (χ3v) is 5.81. The number of carbonyl (C=O) groups is 1. The van der Waals surface area contributed by atoms with Crippen molar-refractivity contribution >= 4 is 6.41 Å². The van der Waals surface area contributed by atoms with E-state index in [0.717, 1.165) is 12.1 Å². The van der Waals surface area contributed by atoms with Crippen molar-refractivity contribution in [1.29, 1.82) is 0 Å². The molecule has 0 spiro atoms. The standard InChI is InChI=1S/C16H12F6O.C6H10FNO2.C6H6/c1-9(10-2-4-12(17)5-3-10)11-6-13(18)8-14(7-11)23-16(21,22)15(19)20;7-6(10)4-1-5(2-4)8-3-9;1-2-4-6-5-3-1/h2-9,15H,1H3;3-6,10H,1-2H2,(H,8,9);1-6H/t9-;;/m1../s1. The Morgan fingerprint density at radius 3 is 1.90 bits per heavy atom. The van der Waals surface area contributed by atoms with E-state index >= 15 is 0 Å². The number of halogens is 7. The second-order valence-corrected chi connectivity index (χ2v) is 8.70. The second kappa shape index (κ2) is 15.1. The molecule has 4 nitrogen and oxygen atoms in total. The number of hydrogen-bond acceptors (Lipinski definition) is 3. The summed E-state index contributed by atoms with van der Waals surface area (Å²) in [6, 6.07) is 20.1. The second-order valence-electron chi connectivity index (χ2n) is 8.70. The van der Waals surface area contributed by atoms with Gasteiger partial charge in [-0.25, -0.2) is 13.2 Å². The van der Waals surface area contributed by atoms with Gasteiger partial charge in [-0.1, -0.05) is 55.5 Å². The zero-order valence-electron chi connectivity index (χ0n) is 20.8. The van der Waals surface area contributed by atoms with E-state index in [2.05, 4.69) is 10.1 Å². The Bertz CT molecular complexity index is 1100. The average Bonchev–Trinajstić information content (AvgIpc) is 2.87. The summed E-state index contributed by atoms with van der Waals surface area (Å²) < 4.78 is 92.6. The molecule has 1 aliphatic rings. The smallest absolute Gasteiger partial charge is 0.428 e. The maximum atomic E-state index is 13.6. The van der Waals surface area contributed by atoms with Crippen molar-refractivity contribution in [2.75, 3.05) is 0 Å². The summed E-state index contributed by atoms with van der Waals surface area (Å²) in [5, 5.41) is 10.9. The summed E-state index contributed by atoms with van der Waals surface area (Å²) in [5.41, 5.74) is 0.834. The highest BCUT2D eigenvalue weighted by atomic mass is 19.3. The van der Waals surface area contributed by atoms with Crippen LogP contribution < -0.4 is 10.1 Å². The molecule has 0 aliphatic heterocycles. The predicted octanol–water partition coefficient (Wildman–Crippen LogP) is 6.84. The van der Waals surface area contributed by atoms with Crippen LogP contribution in [0.4, 0.5) is 30.7 Å². The minimum atomic E-state index is -4.72. The van der Waals surface area contributed by atoms with Crippen molar-refractivity contribution < 1.29 is 45.4 Å². The van der Waals surface area contributed by atoms with Crippen molar-refractivity contribution in [1.82, 2.24) is 5.32 Å². The van der Waals surface area contributed by atoms with Crippen LogP contribution in [-0.2, 0) is 4.79 Å². The molecule has 1 fully saturated rings. The van der Waals surface area contributed by atoms with Gasteiger partial charge in [-0.3, -0.25) is 4.79 Å². The lowest BCUT2D eigenvalue weighted by molar-refractivity contribution is -0.253. The van der Waals surface area contributed by atoms with Gasteiger partial charge >= 0.3 is 12.5 Å². The highest BCUT2D eigenvalue weighted by molar-refractivity contribution is 5.47. The third-order valence-electron chi connectivity index (χ3n) is 5.81. The first-order chi connectivity index (χ1) is 18.4. The van der Waals surface area contributed by atoms with Crippen LogP contribution in [0.5, 0.6) is 5.75 Å². The summed E-state index contributed by atoms with van der Waals surface area (Å²) in [4.78, 5) is 9.82. The number of rotatable bonds is 8. The molecule has 2 N–H and O–H groups in total. The maximum Gasteiger partial charge on any atom is 0.461 e. The van der Waals surface area contributed by atoms with Crippen LogP contribution in [0.3, 0.4) is 0 Å². The van der Waals surface area contributed by atoms with Gasteiger partial charge in [0, 0.05) is 23.9 Å². The lowest BCUT2D eigenvalue weighted by Gasteiger charge is -2.34. The SMILES string of the molecule is C[C@H](c1ccc(F)cc1)c1cc(F)cc(OC(F)(F)C(F)F)c1.O=CNC1CC(C(O)F)C1.c1ccccc1. The van der Waals surface area contributed by atoms with Crippen molar-refractivity contribution in [2.24, 2.45) is 5.92 Å². The van der Waals surface area contributed by atoms with Gasteiger partial charge < -0.3 is 15.2 Å². The molecule has 0 aromatic heterocycles. The van der Waals surface area contributed by atoms with Gasteiger partial charge in [-0.2, -0.15) is 17.6 Å². The van der Waals surface area contributed by atoms with Gasteiger partial charge in [0.25, 0.3) is 0 Å². The molecule has 11 heteroatoms. The lowest BCUT2D eigenvalue weighted by atomic mass is 9.80. The van der Waals surface area contributed by atoms with E-state index in [0.29, 0.717) is 30.9 Å². The topological polar surface area (TPSA) is 58.6 Å². The fraction of sp³-hybridized carbons (Fsp3) is 0.321. The minimum Gasteiger partial charge on any atom is -0.428 e. The van der Waals surface area contributed by atoms with Crippen LogP contribution in [0.1, 0.15) is 36.8 Å². The normalized spacial score (nSPS) is 17.8. The molecule has 0 saturated heterocycles. The van der Waals surface area contributed by atoms with Gasteiger partial charge in [0.2, 0.25) is 6.41 Å². The van der Waals surface area contributed by atoms with Gasteiger partial charge in [-0.15, -0.1) is 0 Å². The molecule has 2 atom stereocenters. The molecule has 3 aromatic rings. The number of amides is 1. The maximum absolute atomic E-state index is 13.6. The monoisotopic (exact) mass is 559 g/mol. The van der Waals surface area contributed by atoms with E-state index in [1.165, 1.54) is 24.3 Å². The average molecular weight is 560 g/mol. The minimum absolute atomic E-state index is 0.0768. The number of aliphatic hydroxyl groups is 1. The molecule has 1 unspecified atom stereocenters. The van der Waals surface area contributed by atoms with Gasteiger partial charge in [0.15, 0.2) is 6.36 Å². The summed E-state index contributed by atoms with van der Waals surface area (Å²) in [6.07, 6.45) is -8.77. The Hall–Kier alpha value is -3.60. The van der Waals surface area contributed by atoms with Crippen LogP contribution in [-0.4, -0.2) is 36.5 Å². The quantitative estimate of drug-likeness (QED) is 0.235. The number of ether oxygens (including phenoxy) is 1. The molecular weight excluding hydrogens is 531 g/mol. The van der Waals surface area contributed by atoms with Crippen LogP contribution in [0, 0.1) is 17.6 Å². The van der Waals surface area contributed by atoms with Crippen molar-refractivity contribution in [3.8, 4) is 5.75 Å². The van der Waals surface area contributed by atoms with E-state index in [1.807, 2.05) is 36.4 Å². The number of aliphatic hydroxyl groups excluding tert-OH is 1. The lowest BCUT2D eigenvalue weighted by Crippen LogP contribution is -2.43. The molecule has 39 heavy (non-hydrogen) atoms. The third kappa shape index (κ3) is 10.6. The Morgan fingerprint density at radius 1 is 0.897 bits per heavy atom. The Kier molecular flexibility index (Phi) is 12.2. The Morgan fingerprint density at radius 2 is 1.44 bits per heavy atom. The van der Waals surface area contributed by atoms with E-state index in [9.17, 15) is 35.5 Å². The molecule has 0 radical (unpaired) electrons. The van der Waals surface area contributed by atoms with Crippen LogP contribution in [0.15, 0.2) is 78.9 Å². The molecule has 1 aliphatic carbocycles. The summed E-state index contributed by atoms with van der Waals surface area (Å²) in [5.74, 6) is -2.82. The fourth-order valence-corrected chi connectivity index (χ4v) is 3.54. The van der Waals surface area contributed by atoms with E-state index in [-0.39, 0.29) is 17.5 Å². The van der Waals surface area contributed by atoms with Gasteiger partial charge in [-0.05, 0) is 48.2 Å². The molecule has 0 heterocycles. The number of benzene rings is 3. The van der Waals surface area contributed by atoms with E-state index in [1.54, 1.807) is 6.92 Å². The fourth-order valence-electron chi connectivity index (χ4n) is 3.54. The molecule has 0 bridgehead atoms. The first-order valence-corrected chi connectivity index (χ1v) is 11.9. The van der Waals surface area contributed by atoms with Crippen LogP contribution >= 0.6 is 0 Å². The van der Waals surface area contributed by atoms with Crippen LogP contribution in [0.25, 0.3) is 0 Å². The van der Waals surface area contributed by atoms with Crippen LogP contribution in [0.2, 0.25) is 0 Å². The summed E-state index contributed by atoms with van der Waals surface area (Å²) in [6.45, 7) is 1.64. The van der Waals surface area contributed by atoms with Gasteiger partial charge in [0.1, 0.15) is 17.4 Å². The summed E-state index contributed by atoms with van der Waals surface area (Å²) >= 11 is 0. The van der Waals surface area contributed by atoms with Crippen molar-refractivity contribution in [3.05, 3.63) is 102 Å². The van der Waals surface area contributed by atoms with E-state index < -0.39 is 42.2 Å². The first kappa shape index (κ1) is 31.6. The highest BCUT2D eigenvalue weighted by Gasteiger charge is 2.44. The zero-order valence-corrected chi connectivity index (χ0v) is 20.8. The van der Waals surface area contributed by atoms with E-state index in [4.69, 9.17) is 5.11 Å². The Labute approximate surface area is 221 Å². The number of carbonyl (C=O) groups excluding carboxylic acids is 1. The van der Waals surface area contributed by atoms with Crippen molar-refractivity contribution in [2.45, 2.75) is 50.6 Å². The first-order valence-electron chi connectivity index (χ1n) is 11.9. The highest BCUT2D eigenvalue weighted by Crippen LogP contribution is 2.32. The van der Waals surface area contributed by atoms with Crippen molar-refractivity contribution in [3.63, 3.8) is 0 Å². The molecule has 1 amide bonds.